The van der Waals surface area contributed by atoms with Gasteiger partial charge in [-0.1, -0.05) is 81.3 Å². The number of hydrogen-bond acceptors (Lipinski definition) is 3. The van der Waals surface area contributed by atoms with E-state index >= 15 is 0 Å². The van der Waals surface area contributed by atoms with Crippen molar-refractivity contribution in [3.05, 3.63) is 65.2 Å². The van der Waals surface area contributed by atoms with Crippen LogP contribution in [-0.2, 0) is 0 Å². The highest BCUT2D eigenvalue weighted by Gasteiger charge is 2.16. The molecular weight excluding hydrogens is 392 g/mol. The number of nitrogens with one attached hydrogen (secondary N) is 1. The third-order valence-electron chi connectivity index (χ3n) is 5.58. The molecule has 1 heterocycles. The SMILES string of the molecule is CCCCCCCCCOc1ccc(C2=Nc3cccc4cccc(c34)N2)cc1Cl. The van der Waals surface area contributed by atoms with E-state index in [1.165, 1.54) is 43.9 Å². The van der Waals surface area contributed by atoms with Crippen molar-refractivity contribution in [1.82, 2.24) is 0 Å². The summed E-state index contributed by atoms with van der Waals surface area (Å²) in [5, 5.41) is 6.42. The molecule has 0 unspecified atom stereocenters. The van der Waals surface area contributed by atoms with Gasteiger partial charge in [-0.25, -0.2) is 4.99 Å². The fourth-order valence-corrected chi connectivity index (χ4v) is 4.17. The summed E-state index contributed by atoms with van der Waals surface area (Å²) < 4.78 is 5.92. The third kappa shape index (κ3) is 4.79. The van der Waals surface area contributed by atoms with Gasteiger partial charge in [-0.05, 0) is 42.1 Å². The van der Waals surface area contributed by atoms with Crippen molar-refractivity contribution in [2.24, 2.45) is 4.99 Å². The molecule has 0 radical (unpaired) electrons. The van der Waals surface area contributed by atoms with Crippen LogP contribution in [0.3, 0.4) is 0 Å². The zero-order valence-electron chi connectivity index (χ0n) is 17.6. The molecule has 0 spiro atoms. The Morgan fingerprint density at radius 2 is 1.67 bits per heavy atom. The van der Waals surface area contributed by atoms with E-state index in [1.54, 1.807) is 0 Å². The van der Waals surface area contributed by atoms with Crippen LogP contribution >= 0.6 is 11.6 Å². The number of aliphatic imine (C=N–C) groups is 1. The zero-order valence-corrected chi connectivity index (χ0v) is 18.3. The smallest absolute Gasteiger partial charge is 0.138 e. The van der Waals surface area contributed by atoms with Crippen molar-refractivity contribution in [2.45, 2.75) is 51.9 Å². The molecule has 156 valence electrons. The van der Waals surface area contributed by atoms with Gasteiger partial charge in [0.2, 0.25) is 0 Å². The number of nitrogens with zero attached hydrogens (tertiary/aromatic N) is 1. The molecule has 0 atom stereocenters. The molecule has 4 rings (SSSR count). The first-order chi connectivity index (χ1) is 14.8. The molecule has 3 nitrogen and oxygen atoms in total. The number of ether oxygens (including phenoxy) is 1. The second kappa shape index (κ2) is 9.99. The van der Waals surface area contributed by atoms with Crippen molar-refractivity contribution in [3.63, 3.8) is 0 Å². The van der Waals surface area contributed by atoms with E-state index in [1.807, 2.05) is 30.3 Å². The predicted molar refractivity (Wildman–Crippen MR) is 129 cm³/mol. The molecule has 3 aromatic carbocycles. The Labute approximate surface area is 184 Å². The number of halogens is 1. The average molecular weight is 421 g/mol. The van der Waals surface area contributed by atoms with Crippen LogP contribution in [0.15, 0.2) is 59.6 Å². The Morgan fingerprint density at radius 1 is 0.900 bits per heavy atom. The Hall–Kier alpha value is -2.52. The maximum atomic E-state index is 6.52. The molecular formula is C26H29ClN2O. The summed E-state index contributed by atoms with van der Waals surface area (Å²) in [5.41, 5.74) is 3.01. The molecule has 0 saturated heterocycles. The highest BCUT2D eigenvalue weighted by Crippen LogP contribution is 2.37. The second-order valence-corrected chi connectivity index (χ2v) is 8.29. The number of hydrogen-bond donors (Lipinski definition) is 1. The monoisotopic (exact) mass is 420 g/mol. The van der Waals surface area contributed by atoms with Gasteiger partial charge in [0.15, 0.2) is 0 Å². The number of anilines is 1. The molecule has 0 amide bonds. The third-order valence-corrected chi connectivity index (χ3v) is 5.87. The first-order valence-electron chi connectivity index (χ1n) is 11.1. The molecule has 1 aliphatic rings. The molecule has 0 fully saturated rings. The summed E-state index contributed by atoms with van der Waals surface area (Å²) in [6, 6.07) is 18.4. The Bertz CT molecular complexity index is 1040. The number of amidine groups is 1. The largest absolute Gasteiger partial charge is 0.492 e. The molecule has 0 saturated carbocycles. The molecule has 30 heavy (non-hydrogen) atoms. The van der Waals surface area contributed by atoms with E-state index < -0.39 is 0 Å². The summed E-state index contributed by atoms with van der Waals surface area (Å²) in [5.74, 6) is 1.55. The molecule has 1 N–H and O–H groups in total. The molecule has 1 aliphatic heterocycles. The molecule has 3 aromatic rings. The van der Waals surface area contributed by atoms with Crippen LogP contribution in [0.5, 0.6) is 5.75 Å². The van der Waals surface area contributed by atoms with Crippen LogP contribution in [-0.4, -0.2) is 12.4 Å². The standard InChI is InChI=1S/C26H29ClN2O/c1-2-3-4-5-6-7-8-17-30-24-16-15-20(18-21(24)27)26-28-22-13-9-11-19-12-10-14-23(29-26)25(19)22/h9-16,18H,2-8,17H2,1H3,(H,28,29). The highest BCUT2D eigenvalue weighted by atomic mass is 35.5. The highest BCUT2D eigenvalue weighted by molar-refractivity contribution is 6.32. The summed E-state index contributed by atoms with van der Waals surface area (Å²) in [6.45, 7) is 2.96. The van der Waals surface area contributed by atoms with Crippen LogP contribution in [0.2, 0.25) is 5.02 Å². The molecule has 4 heteroatoms. The van der Waals surface area contributed by atoms with Crippen LogP contribution in [0.25, 0.3) is 10.8 Å². The minimum atomic E-state index is 0.622. The van der Waals surface area contributed by atoms with Crippen LogP contribution in [0, 0.1) is 0 Å². The lowest BCUT2D eigenvalue weighted by Crippen LogP contribution is -2.16. The van der Waals surface area contributed by atoms with Gasteiger partial charge in [0.1, 0.15) is 11.6 Å². The maximum Gasteiger partial charge on any atom is 0.138 e. The molecule has 0 aromatic heterocycles. The minimum Gasteiger partial charge on any atom is -0.492 e. The van der Waals surface area contributed by atoms with Crippen molar-refractivity contribution in [3.8, 4) is 5.75 Å². The lowest BCUT2D eigenvalue weighted by Gasteiger charge is -2.19. The van der Waals surface area contributed by atoms with Gasteiger partial charge in [0.05, 0.1) is 17.3 Å². The predicted octanol–water partition coefficient (Wildman–Crippen LogP) is 8.13. The quantitative estimate of drug-likeness (QED) is 0.336. The zero-order chi connectivity index (χ0) is 20.8. The summed E-state index contributed by atoms with van der Waals surface area (Å²) in [7, 11) is 0. The summed E-state index contributed by atoms with van der Waals surface area (Å²) >= 11 is 6.52. The van der Waals surface area contributed by atoms with Gasteiger partial charge in [-0.3, -0.25) is 0 Å². The van der Waals surface area contributed by atoms with Crippen molar-refractivity contribution >= 4 is 39.6 Å². The van der Waals surface area contributed by atoms with Gasteiger partial charge < -0.3 is 10.1 Å². The molecule has 0 bridgehead atoms. The van der Waals surface area contributed by atoms with E-state index in [9.17, 15) is 0 Å². The first-order valence-corrected chi connectivity index (χ1v) is 11.4. The lowest BCUT2D eigenvalue weighted by molar-refractivity contribution is 0.304. The van der Waals surface area contributed by atoms with Gasteiger partial charge in [0.25, 0.3) is 0 Å². The molecule has 0 aliphatic carbocycles. The van der Waals surface area contributed by atoms with Crippen LogP contribution < -0.4 is 10.1 Å². The van der Waals surface area contributed by atoms with E-state index in [2.05, 4.69) is 36.5 Å². The second-order valence-electron chi connectivity index (χ2n) is 7.88. The van der Waals surface area contributed by atoms with E-state index in [0.29, 0.717) is 11.6 Å². The lowest BCUT2D eigenvalue weighted by atomic mass is 10.0. The van der Waals surface area contributed by atoms with Gasteiger partial charge in [0, 0.05) is 16.6 Å². The van der Waals surface area contributed by atoms with Crippen molar-refractivity contribution in [1.29, 1.82) is 0 Å². The first kappa shape index (κ1) is 20.7. The normalized spacial score (nSPS) is 12.5. The average Bonchev–Trinajstić information content (AvgIpc) is 2.77. The van der Waals surface area contributed by atoms with Crippen LogP contribution in [0.1, 0.15) is 57.4 Å². The topological polar surface area (TPSA) is 33.6 Å². The Balaban J connectivity index is 1.38. The van der Waals surface area contributed by atoms with Crippen molar-refractivity contribution < 1.29 is 4.74 Å². The fraction of sp³-hybridized carbons (Fsp3) is 0.346. The Morgan fingerprint density at radius 3 is 2.47 bits per heavy atom. The maximum absolute atomic E-state index is 6.52. The van der Waals surface area contributed by atoms with Gasteiger partial charge in [-0.15, -0.1) is 0 Å². The van der Waals surface area contributed by atoms with Crippen LogP contribution in [0.4, 0.5) is 11.4 Å². The fourth-order valence-electron chi connectivity index (χ4n) is 3.94. The van der Waals surface area contributed by atoms with Gasteiger partial charge in [-0.2, -0.15) is 0 Å². The summed E-state index contributed by atoms with van der Waals surface area (Å²) in [6.07, 6.45) is 8.89. The summed E-state index contributed by atoms with van der Waals surface area (Å²) in [4.78, 5) is 4.83. The van der Waals surface area contributed by atoms with Crippen molar-refractivity contribution in [2.75, 3.05) is 11.9 Å². The van der Waals surface area contributed by atoms with E-state index in [0.717, 1.165) is 40.3 Å². The van der Waals surface area contributed by atoms with E-state index in [-0.39, 0.29) is 0 Å². The number of benzene rings is 3. The van der Waals surface area contributed by atoms with E-state index in [4.69, 9.17) is 21.3 Å². The Kier molecular flexibility index (Phi) is 6.91. The van der Waals surface area contributed by atoms with Gasteiger partial charge >= 0.3 is 0 Å². The number of unbranched alkanes of at least 4 members (excludes halogenated alkanes) is 6. The minimum absolute atomic E-state index is 0.622. The number of rotatable bonds is 10.